The topological polar surface area (TPSA) is 21.3 Å². The van der Waals surface area contributed by atoms with Crippen LogP contribution in [0.25, 0.3) is 0 Å². The Morgan fingerprint density at radius 1 is 1.29 bits per heavy atom. The van der Waals surface area contributed by atoms with Gasteiger partial charge in [0.15, 0.2) is 0 Å². The summed E-state index contributed by atoms with van der Waals surface area (Å²) in [6.45, 7) is 7.56. The van der Waals surface area contributed by atoms with Gasteiger partial charge in [-0.2, -0.15) is 0 Å². The number of ether oxygens (including phenoxy) is 1. The van der Waals surface area contributed by atoms with E-state index in [1.165, 1.54) is 20.9 Å². The molecule has 0 amide bonds. The van der Waals surface area contributed by atoms with E-state index in [9.17, 15) is 0 Å². The van der Waals surface area contributed by atoms with Crippen LogP contribution in [0.5, 0.6) is 5.75 Å². The van der Waals surface area contributed by atoms with Crippen LogP contribution in [0.4, 0.5) is 0 Å². The Labute approximate surface area is 139 Å². The van der Waals surface area contributed by atoms with E-state index < -0.39 is 0 Å². The molecule has 1 aromatic heterocycles. The maximum absolute atomic E-state index is 5.33. The molecule has 0 aliphatic heterocycles. The van der Waals surface area contributed by atoms with Gasteiger partial charge in [-0.05, 0) is 72.1 Å². The molecule has 1 unspecified atom stereocenters. The van der Waals surface area contributed by atoms with Gasteiger partial charge in [0, 0.05) is 9.75 Å². The first kappa shape index (κ1) is 16.5. The summed E-state index contributed by atoms with van der Waals surface area (Å²) in [5, 5.41) is 3.66. The lowest BCUT2D eigenvalue weighted by Crippen LogP contribution is -2.22. The summed E-state index contributed by atoms with van der Waals surface area (Å²) in [6.07, 6.45) is 1.12. The van der Waals surface area contributed by atoms with Crippen molar-refractivity contribution in [1.29, 1.82) is 0 Å². The molecule has 2 nitrogen and oxygen atoms in total. The van der Waals surface area contributed by atoms with Gasteiger partial charge in [0.05, 0.1) is 17.6 Å². The number of aryl methyl sites for hydroxylation is 2. The van der Waals surface area contributed by atoms with Crippen molar-refractivity contribution in [3.63, 3.8) is 0 Å². The molecule has 0 aliphatic rings. The first-order chi connectivity index (χ1) is 10.1. The van der Waals surface area contributed by atoms with E-state index in [4.69, 9.17) is 4.74 Å². The lowest BCUT2D eigenvalue weighted by molar-refractivity contribution is 0.411. The van der Waals surface area contributed by atoms with E-state index in [1.807, 2.05) is 17.4 Å². The minimum Gasteiger partial charge on any atom is -0.496 e. The number of halogens is 1. The van der Waals surface area contributed by atoms with Crippen LogP contribution in [0.1, 0.15) is 40.3 Å². The number of thiophene rings is 1. The molecule has 4 heteroatoms. The van der Waals surface area contributed by atoms with Gasteiger partial charge in [-0.3, -0.25) is 0 Å². The molecule has 0 spiro atoms. The fraction of sp³-hybridized carbons (Fsp3) is 0.412. The molecule has 21 heavy (non-hydrogen) atoms. The maximum atomic E-state index is 5.33. The van der Waals surface area contributed by atoms with Crippen molar-refractivity contribution in [2.24, 2.45) is 0 Å². The highest BCUT2D eigenvalue weighted by molar-refractivity contribution is 9.10. The third kappa shape index (κ3) is 3.87. The van der Waals surface area contributed by atoms with Crippen molar-refractivity contribution in [1.82, 2.24) is 5.32 Å². The molecule has 0 aliphatic carbocycles. The fourth-order valence-corrected chi connectivity index (χ4v) is 3.98. The molecule has 0 radical (unpaired) electrons. The number of benzene rings is 1. The second-order valence-corrected chi connectivity index (χ2v) is 7.31. The monoisotopic (exact) mass is 367 g/mol. The van der Waals surface area contributed by atoms with Crippen LogP contribution < -0.4 is 10.1 Å². The molecular weight excluding hydrogens is 346 g/mol. The number of methoxy groups -OCH3 is 1. The van der Waals surface area contributed by atoms with E-state index in [2.05, 4.69) is 60.2 Å². The highest BCUT2D eigenvalue weighted by Crippen LogP contribution is 2.34. The molecule has 0 fully saturated rings. The third-order valence-corrected chi connectivity index (χ3v) is 5.41. The van der Waals surface area contributed by atoms with Gasteiger partial charge >= 0.3 is 0 Å². The molecule has 1 atom stereocenters. The summed E-state index contributed by atoms with van der Waals surface area (Å²) >= 11 is 5.46. The van der Waals surface area contributed by atoms with Crippen LogP contribution in [0.2, 0.25) is 0 Å². The summed E-state index contributed by atoms with van der Waals surface area (Å²) < 4.78 is 6.32. The van der Waals surface area contributed by atoms with Crippen LogP contribution in [-0.4, -0.2) is 13.7 Å². The van der Waals surface area contributed by atoms with E-state index in [1.54, 1.807) is 7.11 Å². The van der Waals surface area contributed by atoms with Crippen LogP contribution in [-0.2, 0) is 0 Å². The van der Waals surface area contributed by atoms with Crippen LogP contribution in [0.15, 0.2) is 28.7 Å². The smallest absolute Gasteiger partial charge is 0.133 e. The highest BCUT2D eigenvalue weighted by Gasteiger charge is 2.17. The largest absolute Gasteiger partial charge is 0.496 e. The predicted molar refractivity (Wildman–Crippen MR) is 94.6 cm³/mol. The molecule has 1 aromatic carbocycles. The molecular formula is C17H22BrNOS. The molecule has 0 saturated heterocycles. The second-order valence-electron chi connectivity index (χ2n) is 5.17. The minimum absolute atomic E-state index is 0.240. The first-order valence-corrected chi connectivity index (χ1v) is 8.81. The van der Waals surface area contributed by atoms with Gasteiger partial charge in [-0.1, -0.05) is 13.0 Å². The number of rotatable bonds is 6. The minimum atomic E-state index is 0.240. The SMILES string of the molecule is CCCNC(c1ccc(OC)c(Br)c1)c1cc(C)c(C)s1. The summed E-state index contributed by atoms with van der Waals surface area (Å²) in [5.41, 5.74) is 2.63. The summed E-state index contributed by atoms with van der Waals surface area (Å²) in [5.74, 6) is 0.867. The average molecular weight is 368 g/mol. The van der Waals surface area contributed by atoms with Crippen molar-refractivity contribution in [3.05, 3.63) is 49.6 Å². The Morgan fingerprint density at radius 3 is 2.57 bits per heavy atom. The van der Waals surface area contributed by atoms with E-state index in [0.29, 0.717) is 0 Å². The summed E-state index contributed by atoms with van der Waals surface area (Å²) in [4.78, 5) is 2.76. The normalized spacial score (nSPS) is 12.4. The lowest BCUT2D eigenvalue weighted by Gasteiger charge is -2.19. The van der Waals surface area contributed by atoms with E-state index >= 15 is 0 Å². The molecule has 114 valence electrons. The molecule has 1 heterocycles. The molecule has 1 N–H and O–H groups in total. The first-order valence-electron chi connectivity index (χ1n) is 7.20. The van der Waals surface area contributed by atoms with E-state index in [-0.39, 0.29) is 6.04 Å². The van der Waals surface area contributed by atoms with Crippen molar-refractivity contribution < 1.29 is 4.74 Å². The van der Waals surface area contributed by atoms with Gasteiger partial charge in [0.25, 0.3) is 0 Å². The van der Waals surface area contributed by atoms with Crippen LogP contribution in [0, 0.1) is 13.8 Å². The highest BCUT2D eigenvalue weighted by atomic mass is 79.9. The Kier molecular flexibility index (Phi) is 5.85. The zero-order chi connectivity index (χ0) is 15.4. The third-order valence-electron chi connectivity index (χ3n) is 3.58. The Morgan fingerprint density at radius 2 is 2.05 bits per heavy atom. The van der Waals surface area contributed by atoms with Crippen molar-refractivity contribution >= 4 is 27.3 Å². The number of hydrogen-bond donors (Lipinski definition) is 1. The quantitative estimate of drug-likeness (QED) is 0.754. The van der Waals surface area contributed by atoms with Crippen molar-refractivity contribution in [2.75, 3.05) is 13.7 Å². The Hall–Kier alpha value is -0.840. The number of hydrogen-bond acceptors (Lipinski definition) is 3. The van der Waals surface area contributed by atoms with Crippen molar-refractivity contribution in [3.8, 4) is 5.75 Å². The van der Waals surface area contributed by atoms with Gasteiger partial charge in [-0.25, -0.2) is 0 Å². The maximum Gasteiger partial charge on any atom is 0.133 e. The average Bonchev–Trinajstić information content (AvgIpc) is 2.79. The standard InChI is InChI=1S/C17H22BrNOS/c1-5-8-19-17(16-9-11(2)12(3)21-16)13-6-7-15(20-4)14(18)10-13/h6-7,9-10,17,19H,5,8H2,1-4H3. The zero-order valence-electron chi connectivity index (χ0n) is 13.0. The molecule has 0 bridgehead atoms. The fourth-order valence-electron chi connectivity index (χ4n) is 2.28. The summed E-state index contributed by atoms with van der Waals surface area (Å²) in [6, 6.07) is 8.85. The van der Waals surface area contributed by atoms with Gasteiger partial charge in [0.2, 0.25) is 0 Å². The summed E-state index contributed by atoms with van der Waals surface area (Å²) in [7, 11) is 1.69. The second kappa shape index (κ2) is 7.43. The number of nitrogens with one attached hydrogen (secondary N) is 1. The molecule has 2 rings (SSSR count). The lowest BCUT2D eigenvalue weighted by atomic mass is 10.0. The van der Waals surface area contributed by atoms with E-state index in [0.717, 1.165) is 23.2 Å². The Balaban J connectivity index is 2.37. The molecule has 2 aromatic rings. The van der Waals surface area contributed by atoms with Crippen molar-refractivity contribution in [2.45, 2.75) is 33.2 Å². The molecule has 0 saturated carbocycles. The van der Waals surface area contributed by atoms with Gasteiger partial charge < -0.3 is 10.1 Å². The van der Waals surface area contributed by atoms with Gasteiger partial charge in [0.1, 0.15) is 5.75 Å². The zero-order valence-corrected chi connectivity index (χ0v) is 15.4. The predicted octanol–water partition coefficient (Wildman–Crippen LogP) is 5.23. The Bertz CT molecular complexity index is 589. The van der Waals surface area contributed by atoms with Crippen LogP contribution >= 0.6 is 27.3 Å². The van der Waals surface area contributed by atoms with Crippen LogP contribution in [0.3, 0.4) is 0 Å². The van der Waals surface area contributed by atoms with Gasteiger partial charge in [-0.15, -0.1) is 11.3 Å².